The smallest absolute Gasteiger partial charge is 0.313 e. The highest BCUT2D eigenvalue weighted by molar-refractivity contribution is 5.53. The maximum atomic E-state index is 5.33. The molecule has 2 N–H and O–H groups in total. The summed E-state index contributed by atoms with van der Waals surface area (Å²) >= 11 is 0. The van der Waals surface area contributed by atoms with Crippen LogP contribution in [-0.2, 0) is 6.42 Å². The fraction of sp³-hybridized carbons (Fsp3) is 0.200. The normalized spacial score (nSPS) is 10.4. The van der Waals surface area contributed by atoms with Crippen LogP contribution in [0.5, 0.6) is 0 Å². The number of rotatable bonds is 2. The molecule has 4 nitrogen and oxygen atoms in total. The Morgan fingerprint density at radius 1 is 1.21 bits per heavy atom. The molecule has 0 saturated heterocycles. The second-order valence-corrected chi connectivity index (χ2v) is 3.00. The molecule has 14 heavy (non-hydrogen) atoms. The predicted molar refractivity (Wildman–Crippen MR) is 53.5 cm³/mol. The standard InChI is InChI=1S/C10H11N3O/c1-2-7-3-5-8(6-4-7)9-12-13-10(11)14-9/h3-6H,2H2,1H3,(H2,11,13). The first-order chi connectivity index (χ1) is 6.79. The topological polar surface area (TPSA) is 64.9 Å². The second kappa shape index (κ2) is 3.49. The summed E-state index contributed by atoms with van der Waals surface area (Å²) in [5.74, 6) is 0.463. The van der Waals surface area contributed by atoms with Gasteiger partial charge < -0.3 is 10.2 Å². The number of aromatic nitrogens is 2. The Balaban J connectivity index is 2.33. The van der Waals surface area contributed by atoms with Crippen LogP contribution in [0.25, 0.3) is 11.5 Å². The maximum absolute atomic E-state index is 5.33. The van der Waals surface area contributed by atoms with Gasteiger partial charge in [0.15, 0.2) is 0 Å². The van der Waals surface area contributed by atoms with Gasteiger partial charge >= 0.3 is 6.01 Å². The quantitative estimate of drug-likeness (QED) is 0.783. The lowest BCUT2D eigenvalue weighted by Gasteiger charge is -1.97. The molecule has 2 rings (SSSR count). The first-order valence-electron chi connectivity index (χ1n) is 4.48. The van der Waals surface area contributed by atoms with Crippen LogP contribution in [0.15, 0.2) is 28.7 Å². The Kier molecular flexibility index (Phi) is 2.18. The zero-order valence-corrected chi connectivity index (χ0v) is 7.90. The van der Waals surface area contributed by atoms with Crippen molar-refractivity contribution in [3.05, 3.63) is 29.8 Å². The van der Waals surface area contributed by atoms with Gasteiger partial charge in [0.25, 0.3) is 0 Å². The first-order valence-corrected chi connectivity index (χ1v) is 4.48. The molecule has 0 bridgehead atoms. The van der Waals surface area contributed by atoms with Crippen molar-refractivity contribution in [2.24, 2.45) is 0 Å². The van der Waals surface area contributed by atoms with E-state index in [0.29, 0.717) is 5.89 Å². The minimum atomic E-state index is 0.0968. The highest BCUT2D eigenvalue weighted by Gasteiger charge is 2.04. The van der Waals surface area contributed by atoms with Gasteiger partial charge in [-0.25, -0.2) is 0 Å². The summed E-state index contributed by atoms with van der Waals surface area (Å²) in [7, 11) is 0. The van der Waals surface area contributed by atoms with E-state index in [4.69, 9.17) is 10.2 Å². The molecule has 0 unspecified atom stereocenters. The molecular formula is C10H11N3O. The van der Waals surface area contributed by atoms with E-state index in [1.807, 2.05) is 24.3 Å². The van der Waals surface area contributed by atoms with Gasteiger partial charge in [-0.05, 0) is 24.1 Å². The monoisotopic (exact) mass is 189 g/mol. The maximum Gasteiger partial charge on any atom is 0.313 e. The lowest BCUT2D eigenvalue weighted by atomic mass is 10.1. The third-order valence-corrected chi connectivity index (χ3v) is 2.05. The molecule has 0 aliphatic heterocycles. The van der Waals surface area contributed by atoms with Gasteiger partial charge in [-0.15, -0.1) is 5.10 Å². The Labute approximate surface area is 81.8 Å². The zero-order valence-electron chi connectivity index (χ0n) is 7.90. The van der Waals surface area contributed by atoms with Gasteiger partial charge in [-0.1, -0.05) is 24.2 Å². The second-order valence-electron chi connectivity index (χ2n) is 3.00. The molecule has 0 spiro atoms. The van der Waals surface area contributed by atoms with E-state index in [0.717, 1.165) is 12.0 Å². The average molecular weight is 189 g/mol. The number of nitrogens with zero attached hydrogens (tertiary/aromatic N) is 2. The summed E-state index contributed by atoms with van der Waals surface area (Å²) in [5.41, 5.74) is 7.51. The molecule has 0 aliphatic rings. The SMILES string of the molecule is CCc1ccc(-c2nnc(N)o2)cc1. The molecule has 1 heterocycles. The van der Waals surface area contributed by atoms with Gasteiger partial charge in [0.2, 0.25) is 5.89 Å². The molecule has 4 heteroatoms. The highest BCUT2D eigenvalue weighted by Crippen LogP contribution is 2.18. The lowest BCUT2D eigenvalue weighted by Crippen LogP contribution is -1.81. The summed E-state index contributed by atoms with van der Waals surface area (Å²) < 4.78 is 5.10. The van der Waals surface area contributed by atoms with Gasteiger partial charge in [0.1, 0.15) is 0 Å². The van der Waals surface area contributed by atoms with Crippen LogP contribution < -0.4 is 5.73 Å². The van der Waals surface area contributed by atoms with Crippen molar-refractivity contribution in [1.82, 2.24) is 10.2 Å². The molecule has 72 valence electrons. The molecule has 0 radical (unpaired) electrons. The Bertz CT molecular complexity index is 419. The summed E-state index contributed by atoms with van der Waals surface area (Å²) in [4.78, 5) is 0. The van der Waals surface area contributed by atoms with Crippen LogP contribution in [0.1, 0.15) is 12.5 Å². The molecule has 0 amide bonds. The van der Waals surface area contributed by atoms with Gasteiger partial charge in [0.05, 0.1) is 0 Å². The van der Waals surface area contributed by atoms with Crippen molar-refractivity contribution in [3.8, 4) is 11.5 Å². The number of nitrogen functional groups attached to an aromatic ring is 1. The molecule has 0 fully saturated rings. The van der Waals surface area contributed by atoms with E-state index >= 15 is 0 Å². The van der Waals surface area contributed by atoms with Crippen molar-refractivity contribution in [2.75, 3.05) is 5.73 Å². The van der Waals surface area contributed by atoms with Crippen molar-refractivity contribution in [3.63, 3.8) is 0 Å². The molecular weight excluding hydrogens is 178 g/mol. The number of anilines is 1. The largest absolute Gasteiger partial charge is 0.404 e. The van der Waals surface area contributed by atoms with Gasteiger partial charge in [0, 0.05) is 5.56 Å². The zero-order chi connectivity index (χ0) is 9.97. The van der Waals surface area contributed by atoms with Crippen LogP contribution in [-0.4, -0.2) is 10.2 Å². The fourth-order valence-corrected chi connectivity index (χ4v) is 1.23. The van der Waals surface area contributed by atoms with Crippen LogP contribution in [0.4, 0.5) is 6.01 Å². The number of nitrogens with two attached hydrogens (primary N) is 1. The molecule has 2 aromatic rings. The first kappa shape index (κ1) is 8.74. The van der Waals surface area contributed by atoms with Crippen molar-refractivity contribution in [1.29, 1.82) is 0 Å². The lowest BCUT2D eigenvalue weighted by molar-refractivity contribution is 0.590. The molecule has 1 aromatic heterocycles. The summed E-state index contributed by atoms with van der Waals surface area (Å²) in [6, 6.07) is 8.07. The highest BCUT2D eigenvalue weighted by atomic mass is 16.4. The van der Waals surface area contributed by atoms with Crippen LogP contribution >= 0.6 is 0 Å². The van der Waals surface area contributed by atoms with Gasteiger partial charge in [-0.3, -0.25) is 0 Å². The van der Waals surface area contributed by atoms with E-state index in [-0.39, 0.29) is 6.01 Å². The third kappa shape index (κ3) is 1.59. The Hall–Kier alpha value is -1.84. The Morgan fingerprint density at radius 3 is 2.43 bits per heavy atom. The van der Waals surface area contributed by atoms with E-state index in [9.17, 15) is 0 Å². The fourth-order valence-electron chi connectivity index (χ4n) is 1.23. The summed E-state index contributed by atoms with van der Waals surface area (Å²) in [6.45, 7) is 2.11. The van der Waals surface area contributed by atoms with Crippen LogP contribution in [0, 0.1) is 0 Å². The average Bonchev–Trinajstić information content (AvgIpc) is 2.65. The molecule has 1 aromatic carbocycles. The van der Waals surface area contributed by atoms with Crippen LogP contribution in [0.2, 0.25) is 0 Å². The van der Waals surface area contributed by atoms with E-state index in [2.05, 4.69) is 17.1 Å². The van der Waals surface area contributed by atoms with E-state index in [1.165, 1.54) is 5.56 Å². The minimum absolute atomic E-state index is 0.0968. The van der Waals surface area contributed by atoms with Crippen molar-refractivity contribution >= 4 is 6.01 Å². The third-order valence-electron chi connectivity index (χ3n) is 2.05. The van der Waals surface area contributed by atoms with Crippen molar-refractivity contribution in [2.45, 2.75) is 13.3 Å². The van der Waals surface area contributed by atoms with Gasteiger partial charge in [-0.2, -0.15) is 0 Å². The number of benzene rings is 1. The molecule has 0 aliphatic carbocycles. The Morgan fingerprint density at radius 2 is 1.93 bits per heavy atom. The van der Waals surface area contributed by atoms with Crippen LogP contribution in [0.3, 0.4) is 0 Å². The van der Waals surface area contributed by atoms with E-state index in [1.54, 1.807) is 0 Å². The van der Waals surface area contributed by atoms with Crippen molar-refractivity contribution < 1.29 is 4.42 Å². The predicted octanol–water partition coefficient (Wildman–Crippen LogP) is 1.88. The summed E-state index contributed by atoms with van der Waals surface area (Å²) in [6.07, 6.45) is 1.02. The number of aryl methyl sites for hydroxylation is 1. The molecule has 0 saturated carbocycles. The summed E-state index contributed by atoms with van der Waals surface area (Å²) in [5, 5.41) is 7.40. The molecule has 0 atom stereocenters. The number of hydrogen-bond donors (Lipinski definition) is 1. The van der Waals surface area contributed by atoms with E-state index < -0.39 is 0 Å². The number of hydrogen-bond acceptors (Lipinski definition) is 4. The minimum Gasteiger partial charge on any atom is -0.404 e.